The Morgan fingerprint density at radius 3 is 2.05 bits per heavy atom. The van der Waals surface area contributed by atoms with E-state index < -0.39 is 60.8 Å². The van der Waals surface area contributed by atoms with Gasteiger partial charge in [-0.25, -0.2) is 8.78 Å². The molecular weight excluding hydrogens is 722 g/mol. The molecule has 1 aromatic carbocycles. The van der Waals surface area contributed by atoms with Gasteiger partial charge in [-0.1, -0.05) is 0 Å². The molecule has 3 aliphatic rings. The molecule has 3 fully saturated rings. The number of hydrogen-bond acceptors (Lipinski definition) is 12. The van der Waals surface area contributed by atoms with Gasteiger partial charge in [0.15, 0.2) is 5.78 Å². The van der Waals surface area contributed by atoms with E-state index in [1.807, 2.05) is 9.80 Å². The quantitative estimate of drug-likeness (QED) is 0.214. The van der Waals surface area contributed by atoms with Crippen molar-refractivity contribution < 1.29 is 47.7 Å². The van der Waals surface area contributed by atoms with Crippen LogP contribution in [0.5, 0.6) is 5.75 Å². The number of carboxylic acid groups (broad SMARTS) is 2. The SMILES string of the molecule is N#C[C@@H]1CC(F)(F)CC1C(=O)CNC(=O)c1ccnc2ccc(OCCCN3CCN(C(=O)CN4CCN(CC(=O)O)CCN(CC(=O)O)CC4)CC3)cc12. The van der Waals surface area contributed by atoms with Crippen molar-refractivity contribution in [2.24, 2.45) is 11.8 Å². The van der Waals surface area contributed by atoms with Gasteiger partial charge in [-0.3, -0.25) is 48.6 Å². The number of amides is 2. The maximum Gasteiger partial charge on any atom is 0.317 e. The molecule has 55 heavy (non-hydrogen) atoms. The van der Waals surface area contributed by atoms with E-state index in [2.05, 4.69) is 15.2 Å². The average Bonchev–Trinajstić information content (AvgIpc) is 3.52. The first-order valence-electron chi connectivity index (χ1n) is 18.5. The highest BCUT2D eigenvalue weighted by Crippen LogP contribution is 2.43. The van der Waals surface area contributed by atoms with Gasteiger partial charge in [0.25, 0.3) is 5.91 Å². The van der Waals surface area contributed by atoms with Gasteiger partial charge < -0.3 is 25.2 Å². The van der Waals surface area contributed by atoms with Crippen LogP contribution >= 0.6 is 0 Å². The molecule has 3 heterocycles. The fraction of sp³-hybridized carbons (Fsp3) is 0.595. The Morgan fingerprint density at radius 2 is 1.45 bits per heavy atom. The smallest absolute Gasteiger partial charge is 0.317 e. The van der Waals surface area contributed by atoms with Crippen molar-refractivity contribution in [3.05, 3.63) is 36.0 Å². The van der Waals surface area contributed by atoms with E-state index in [9.17, 15) is 48.2 Å². The van der Waals surface area contributed by atoms with Crippen LogP contribution in [-0.4, -0.2) is 180 Å². The van der Waals surface area contributed by atoms with Gasteiger partial charge in [-0.05, 0) is 30.7 Å². The van der Waals surface area contributed by atoms with Crippen LogP contribution in [0, 0.1) is 23.2 Å². The van der Waals surface area contributed by atoms with Crippen LogP contribution in [-0.2, 0) is 19.2 Å². The maximum atomic E-state index is 13.8. The molecule has 1 aromatic heterocycles. The second kappa shape index (κ2) is 19.2. The predicted molar refractivity (Wildman–Crippen MR) is 194 cm³/mol. The molecule has 2 aliphatic heterocycles. The second-order valence-electron chi connectivity index (χ2n) is 14.3. The summed E-state index contributed by atoms with van der Waals surface area (Å²) in [6.45, 7) is 5.81. The number of nitriles is 1. The van der Waals surface area contributed by atoms with Crippen molar-refractivity contribution in [1.82, 2.24) is 34.8 Å². The Balaban J connectivity index is 1.05. The zero-order valence-corrected chi connectivity index (χ0v) is 30.7. The Morgan fingerprint density at radius 1 is 0.855 bits per heavy atom. The molecule has 2 saturated heterocycles. The van der Waals surface area contributed by atoms with E-state index in [1.165, 1.54) is 12.3 Å². The number of rotatable bonds is 15. The van der Waals surface area contributed by atoms with Crippen LogP contribution < -0.4 is 10.1 Å². The third kappa shape index (κ3) is 12.1. The highest BCUT2D eigenvalue weighted by molar-refractivity contribution is 6.07. The van der Waals surface area contributed by atoms with Crippen LogP contribution in [0.4, 0.5) is 8.78 Å². The summed E-state index contributed by atoms with van der Waals surface area (Å²) in [6, 6.07) is 8.44. The van der Waals surface area contributed by atoms with Gasteiger partial charge >= 0.3 is 11.9 Å². The van der Waals surface area contributed by atoms with Crippen LogP contribution in [0.1, 0.15) is 29.6 Å². The number of ether oxygens (including phenoxy) is 1. The van der Waals surface area contributed by atoms with Gasteiger partial charge in [-0.2, -0.15) is 5.26 Å². The molecule has 2 aromatic rings. The van der Waals surface area contributed by atoms with Gasteiger partial charge in [0.05, 0.1) is 55.9 Å². The number of carbonyl (C=O) groups excluding carboxylic acids is 3. The molecule has 18 heteroatoms. The van der Waals surface area contributed by atoms with Crippen molar-refractivity contribution >= 4 is 40.4 Å². The molecule has 5 rings (SSSR count). The lowest BCUT2D eigenvalue weighted by Crippen LogP contribution is -2.52. The van der Waals surface area contributed by atoms with Crippen LogP contribution in [0.2, 0.25) is 0 Å². The zero-order valence-electron chi connectivity index (χ0n) is 30.7. The summed E-state index contributed by atoms with van der Waals surface area (Å²) >= 11 is 0. The number of pyridine rings is 1. The minimum absolute atomic E-state index is 0.0200. The lowest BCUT2D eigenvalue weighted by Gasteiger charge is -2.36. The Bertz CT molecular complexity index is 1720. The number of Topliss-reactive ketones (excluding diaryl/α,β-unsaturated/α-hetero) is 1. The van der Waals surface area contributed by atoms with Gasteiger partial charge in [-0.15, -0.1) is 0 Å². The molecule has 298 valence electrons. The molecule has 3 N–H and O–H groups in total. The van der Waals surface area contributed by atoms with E-state index in [-0.39, 0.29) is 31.1 Å². The normalized spacial score (nSPS) is 21.6. The lowest BCUT2D eigenvalue weighted by atomic mass is 9.93. The van der Waals surface area contributed by atoms with Crippen LogP contribution in [0.15, 0.2) is 30.5 Å². The van der Waals surface area contributed by atoms with Gasteiger partial charge in [0.1, 0.15) is 5.75 Å². The van der Waals surface area contributed by atoms with E-state index in [0.29, 0.717) is 95.1 Å². The number of alkyl halides is 2. The molecule has 0 radical (unpaired) electrons. The summed E-state index contributed by atoms with van der Waals surface area (Å²) in [5.41, 5.74) is 0.771. The Kier molecular flexibility index (Phi) is 14.4. The summed E-state index contributed by atoms with van der Waals surface area (Å²) in [5.74, 6) is -7.90. The standard InChI is InChI=1S/C37H48F2N8O8/c38-37(39)19-26(21-40)30(20-37)32(48)22-42-36(54)28-4-5-41-31-3-2-27(18-29(28)31)55-17-1-6-43-13-15-47(16-14-43)33(49)23-44-7-9-45(24-34(50)51)11-12-46(10-8-44)25-35(52)53/h2-5,18,26,30H,1,6-17,19-20,22-25H2,(H,42,54)(H,50,51)(H,52,53)/t26-,30?/m0/s1. The summed E-state index contributed by atoms with van der Waals surface area (Å²) in [4.78, 5) is 75.6. The van der Waals surface area contributed by atoms with Crippen LogP contribution in [0.3, 0.4) is 0 Å². The largest absolute Gasteiger partial charge is 0.494 e. The zero-order chi connectivity index (χ0) is 39.5. The number of aromatic nitrogens is 1. The fourth-order valence-corrected chi connectivity index (χ4v) is 7.32. The summed E-state index contributed by atoms with van der Waals surface area (Å²) in [7, 11) is 0. The predicted octanol–water partition coefficient (Wildman–Crippen LogP) is 0.721. The van der Waals surface area contributed by atoms with E-state index in [4.69, 9.17) is 4.74 Å². The number of benzene rings is 1. The third-order valence-corrected chi connectivity index (χ3v) is 10.4. The highest BCUT2D eigenvalue weighted by atomic mass is 19.3. The summed E-state index contributed by atoms with van der Waals surface area (Å²) < 4.78 is 33.6. The highest BCUT2D eigenvalue weighted by Gasteiger charge is 2.49. The molecule has 0 bridgehead atoms. The summed E-state index contributed by atoms with van der Waals surface area (Å²) in [6.07, 6.45) is 0.794. The Hall–Kier alpha value is -4.83. The van der Waals surface area contributed by atoms with Crippen molar-refractivity contribution in [1.29, 1.82) is 5.26 Å². The number of carboxylic acids is 2. The molecule has 16 nitrogen and oxygen atoms in total. The second-order valence-corrected chi connectivity index (χ2v) is 14.3. The van der Waals surface area contributed by atoms with Gasteiger partial charge in [0, 0.05) is 102 Å². The van der Waals surface area contributed by atoms with Crippen molar-refractivity contribution in [3.63, 3.8) is 0 Å². The first kappa shape index (κ1) is 41.3. The van der Waals surface area contributed by atoms with Gasteiger partial charge in [0.2, 0.25) is 11.8 Å². The van der Waals surface area contributed by atoms with E-state index in [1.54, 1.807) is 34.1 Å². The maximum absolute atomic E-state index is 13.8. The number of ketones is 1. The van der Waals surface area contributed by atoms with E-state index in [0.717, 1.165) is 6.54 Å². The lowest BCUT2D eigenvalue weighted by molar-refractivity contribution is -0.140. The number of nitrogens with one attached hydrogen (secondary N) is 1. The van der Waals surface area contributed by atoms with Crippen LogP contribution in [0.25, 0.3) is 10.9 Å². The third-order valence-electron chi connectivity index (χ3n) is 10.4. The van der Waals surface area contributed by atoms with Crippen molar-refractivity contribution in [2.45, 2.75) is 25.2 Å². The number of halogens is 2. The molecule has 1 aliphatic carbocycles. The first-order valence-corrected chi connectivity index (χ1v) is 18.5. The molecule has 0 spiro atoms. The molecule has 2 atom stereocenters. The van der Waals surface area contributed by atoms with E-state index >= 15 is 0 Å². The fourth-order valence-electron chi connectivity index (χ4n) is 7.32. The van der Waals surface area contributed by atoms with Crippen molar-refractivity contribution in [3.8, 4) is 11.8 Å². The number of fused-ring (bicyclic) bond motifs is 1. The molecule has 1 saturated carbocycles. The summed E-state index contributed by atoms with van der Waals surface area (Å²) in [5, 5.41) is 30.8. The number of aliphatic carboxylic acids is 2. The molecular formula is C37H48F2N8O8. The Labute approximate surface area is 317 Å². The van der Waals surface area contributed by atoms with Crippen molar-refractivity contribution in [2.75, 3.05) is 105 Å². The number of hydrogen-bond donors (Lipinski definition) is 3. The number of carbonyl (C=O) groups is 5. The molecule has 2 amide bonds. The molecule has 1 unspecified atom stereocenters. The minimum Gasteiger partial charge on any atom is -0.494 e. The number of piperazine rings is 1. The topological polar surface area (TPSA) is 200 Å². The first-order chi connectivity index (χ1) is 26.3. The average molecular weight is 771 g/mol. The number of nitrogens with zero attached hydrogens (tertiary/aromatic N) is 7. The monoisotopic (exact) mass is 770 g/mol. The minimum atomic E-state index is -3.08.